The number of aromatic nitrogens is 1. The molecule has 0 radical (unpaired) electrons. The maximum absolute atomic E-state index is 5.73. The van der Waals surface area contributed by atoms with Crippen LogP contribution in [0.1, 0.15) is 5.56 Å². The molecule has 0 unspecified atom stereocenters. The van der Waals surface area contributed by atoms with Gasteiger partial charge in [0.05, 0.1) is 24.2 Å². The highest BCUT2D eigenvalue weighted by atomic mass is 16.5. The molecule has 4 N–H and O–H groups in total. The van der Waals surface area contributed by atoms with Crippen molar-refractivity contribution in [3.8, 4) is 5.88 Å². The van der Waals surface area contributed by atoms with Gasteiger partial charge in [-0.2, -0.15) is 0 Å². The predicted octanol–water partition coefficient (Wildman–Crippen LogP) is 1.87. The fraction of sp³-hybridized carbons (Fsp3) is 0.154. The van der Waals surface area contributed by atoms with Crippen LogP contribution in [0.2, 0.25) is 0 Å². The highest BCUT2D eigenvalue weighted by molar-refractivity contribution is 5.55. The van der Waals surface area contributed by atoms with Crippen molar-refractivity contribution >= 4 is 11.4 Å². The Balaban J connectivity index is 1.90. The van der Waals surface area contributed by atoms with Crippen LogP contribution in [-0.2, 0) is 6.42 Å². The molecule has 0 saturated heterocycles. The third-order valence-corrected chi connectivity index (χ3v) is 2.37. The van der Waals surface area contributed by atoms with E-state index in [0.717, 1.165) is 6.42 Å². The molecule has 0 atom stereocenters. The first-order valence-corrected chi connectivity index (χ1v) is 5.43. The van der Waals surface area contributed by atoms with E-state index >= 15 is 0 Å². The summed E-state index contributed by atoms with van der Waals surface area (Å²) in [6.07, 6.45) is 2.36. The number of nitrogen functional groups attached to an aromatic ring is 2. The van der Waals surface area contributed by atoms with E-state index in [0.29, 0.717) is 23.9 Å². The molecule has 2 rings (SSSR count). The Morgan fingerprint density at radius 1 is 1.12 bits per heavy atom. The molecule has 0 aliphatic carbocycles. The smallest absolute Gasteiger partial charge is 0.237 e. The van der Waals surface area contributed by atoms with Crippen LogP contribution in [0.15, 0.2) is 42.6 Å². The lowest BCUT2D eigenvalue weighted by atomic mass is 10.2. The summed E-state index contributed by atoms with van der Waals surface area (Å²) in [4.78, 5) is 4.04. The molecular formula is C13H15N3O. The fourth-order valence-electron chi connectivity index (χ4n) is 1.52. The fourth-order valence-corrected chi connectivity index (χ4v) is 1.52. The third-order valence-electron chi connectivity index (χ3n) is 2.37. The van der Waals surface area contributed by atoms with Crippen molar-refractivity contribution in [1.82, 2.24) is 4.98 Å². The highest BCUT2D eigenvalue weighted by Crippen LogP contribution is 2.19. The van der Waals surface area contributed by atoms with E-state index < -0.39 is 0 Å². The molecule has 0 bridgehead atoms. The lowest BCUT2D eigenvalue weighted by Gasteiger charge is -2.08. The van der Waals surface area contributed by atoms with Crippen LogP contribution in [-0.4, -0.2) is 11.6 Å². The van der Waals surface area contributed by atoms with Crippen LogP contribution < -0.4 is 16.2 Å². The van der Waals surface area contributed by atoms with Gasteiger partial charge in [0, 0.05) is 6.42 Å². The standard InChI is InChI=1S/C13H15N3O/c14-11-8-12(15)13(16-9-11)17-7-6-10-4-2-1-3-5-10/h1-5,8-9H,6-7,14-15H2. The summed E-state index contributed by atoms with van der Waals surface area (Å²) in [6.45, 7) is 0.547. The molecule has 1 aromatic carbocycles. The van der Waals surface area contributed by atoms with Crippen LogP contribution in [0.25, 0.3) is 0 Å². The Morgan fingerprint density at radius 2 is 1.88 bits per heavy atom. The maximum atomic E-state index is 5.73. The summed E-state index contributed by atoms with van der Waals surface area (Å²) in [6, 6.07) is 11.8. The Kier molecular flexibility index (Phi) is 3.45. The summed E-state index contributed by atoms with van der Waals surface area (Å²) in [7, 11) is 0. The molecule has 2 aromatic rings. The van der Waals surface area contributed by atoms with E-state index in [9.17, 15) is 0 Å². The average molecular weight is 229 g/mol. The molecule has 88 valence electrons. The minimum absolute atomic E-state index is 0.440. The Labute approximate surface area is 100 Å². The quantitative estimate of drug-likeness (QED) is 0.839. The number of anilines is 2. The first-order chi connectivity index (χ1) is 8.25. The highest BCUT2D eigenvalue weighted by Gasteiger charge is 2.02. The summed E-state index contributed by atoms with van der Waals surface area (Å²) < 4.78 is 5.50. The van der Waals surface area contributed by atoms with Gasteiger partial charge >= 0.3 is 0 Å². The van der Waals surface area contributed by atoms with Gasteiger partial charge in [0.2, 0.25) is 5.88 Å². The Morgan fingerprint density at radius 3 is 2.59 bits per heavy atom. The zero-order chi connectivity index (χ0) is 12.1. The number of hydrogen-bond donors (Lipinski definition) is 2. The zero-order valence-corrected chi connectivity index (χ0v) is 9.47. The normalized spacial score (nSPS) is 10.1. The predicted molar refractivity (Wildman–Crippen MR) is 68.7 cm³/mol. The average Bonchev–Trinajstić information content (AvgIpc) is 2.33. The summed E-state index contributed by atoms with van der Waals surface area (Å²) in [5.74, 6) is 0.440. The minimum Gasteiger partial charge on any atom is -0.476 e. The third kappa shape index (κ3) is 3.11. The first kappa shape index (κ1) is 11.3. The summed E-state index contributed by atoms with van der Waals surface area (Å²) in [5, 5.41) is 0. The summed E-state index contributed by atoms with van der Waals surface area (Å²) in [5.41, 5.74) is 13.5. The molecule has 4 nitrogen and oxygen atoms in total. The van der Waals surface area contributed by atoms with Crippen molar-refractivity contribution in [2.45, 2.75) is 6.42 Å². The van der Waals surface area contributed by atoms with Crippen molar-refractivity contribution < 1.29 is 4.74 Å². The SMILES string of the molecule is Nc1cnc(OCCc2ccccc2)c(N)c1. The van der Waals surface area contributed by atoms with Crippen molar-refractivity contribution in [3.63, 3.8) is 0 Å². The van der Waals surface area contributed by atoms with Crippen LogP contribution in [0.4, 0.5) is 11.4 Å². The van der Waals surface area contributed by atoms with Gasteiger partial charge in [0.1, 0.15) is 0 Å². The van der Waals surface area contributed by atoms with Crippen LogP contribution >= 0.6 is 0 Å². The number of nitrogens with two attached hydrogens (primary N) is 2. The number of ether oxygens (including phenoxy) is 1. The first-order valence-electron chi connectivity index (χ1n) is 5.43. The van der Waals surface area contributed by atoms with Gasteiger partial charge in [-0.05, 0) is 11.6 Å². The molecule has 0 amide bonds. The summed E-state index contributed by atoms with van der Waals surface area (Å²) >= 11 is 0. The number of rotatable bonds is 4. The molecule has 0 spiro atoms. The van der Waals surface area contributed by atoms with E-state index in [1.807, 2.05) is 18.2 Å². The van der Waals surface area contributed by atoms with Crippen molar-refractivity contribution in [2.24, 2.45) is 0 Å². The molecule has 0 aliphatic heterocycles. The number of benzene rings is 1. The van der Waals surface area contributed by atoms with E-state index in [1.165, 1.54) is 11.8 Å². The van der Waals surface area contributed by atoms with E-state index in [2.05, 4.69) is 17.1 Å². The van der Waals surface area contributed by atoms with E-state index in [1.54, 1.807) is 6.07 Å². The Bertz CT molecular complexity index is 485. The lowest BCUT2D eigenvalue weighted by molar-refractivity contribution is 0.311. The second-order valence-electron chi connectivity index (χ2n) is 3.75. The van der Waals surface area contributed by atoms with Crippen molar-refractivity contribution in [3.05, 3.63) is 48.2 Å². The van der Waals surface area contributed by atoms with Gasteiger partial charge in [-0.25, -0.2) is 4.98 Å². The van der Waals surface area contributed by atoms with E-state index in [4.69, 9.17) is 16.2 Å². The maximum Gasteiger partial charge on any atom is 0.237 e. The lowest BCUT2D eigenvalue weighted by Crippen LogP contribution is -2.05. The zero-order valence-electron chi connectivity index (χ0n) is 9.47. The van der Waals surface area contributed by atoms with Gasteiger partial charge < -0.3 is 16.2 Å². The second kappa shape index (κ2) is 5.21. The Hall–Kier alpha value is -2.23. The van der Waals surface area contributed by atoms with Crippen LogP contribution in [0.5, 0.6) is 5.88 Å². The topological polar surface area (TPSA) is 74.2 Å². The largest absolute Gasteiger partial charge is 0.476 e. The number of pyridine rings is 1. The molecule has 0 aliphatic rings. The van der Waals surface area contributed by atoms with Crippen molar-refractivity contribution in [2.75, 3.05) is 18.1 Å². The van der Waals surface area contributed by atoms with Crippen LogP contribution in [0, 0.1) is 0 Å². The molecular weight excluding hydrogens is 214 g/mol. The second-order valence-corrected chi connectivity index (χ2v) is 3.75. The van der Waals surface area contributed by atoms with Crippen LogP contribution in [0.3, 0.4) is 0 Å². The van der Waals surface area contributed by atoms with Gasteiger partial charge in [-0.15, -0.1) is 0 Å². The van der Waals surface area contributed by atoms with E-state index in [-0.39, 0.29) is 0 Å². The molecule has 1 heterocycles. The molecule has 17 heavy (non-hydrogen) atoms. The van der Waals surface area contributed by atoms with Gasteiger partial charge in [0.15, 0.2) is 0 Å². The molecule has 1 aromatic heterocycles. The van der Waals surface area contributed by atoms with Gasteiger partial charge in [-0.1, -0.05) is 30.3 Å². The molecule has 4 heteroatoms. The number of nitrogens with zero attached hydrogens (tertiary/aromatic N) is 1. The number of hydrogen-bond acceptors (Lipinski definition) is 4. The van der Waals surface area contributed by atoms with Gasteiger partial charge in [-0.3, -0.25) is 0 Å². The molecule has 0 fully saturated rings. The minimum atomic E-state index is 0.440. The monoisotopic (exact) mass is 229 g/mol. The van der Waals surface area contributed by atoms with Crippen molar-refractivity contribution in [1.29, 1.82) is 0 Å². The molecule has 0 saturated carbocycles. The van der Waals surface area contributed by atoms with Gasteiger partial charge in [0.25, 0.3) is 0 Å².